The summed E-state index contributed by atoms with van der Waals surface area (Å²) in [4.78, 5) is 35.7. The number of hydrogen-bond donors (Lipinski definition) is 6. The molecule has 0 saturated heterocycles. The fourth-order valence-electron chi connectivity index (χ4n) is 7.03. The molecule has 1 aliphatic rings. The van der Waals surface area contributed by atoms with Crippen LogP contribution in [0.15, 0.2) is 72.9 Å². The molecule has 0 spiro atoms. The van der Waals surface area contributed by atoms with Crippen molar-refractivity contribution in [2.24, 2.45) is 0 Å². The lowest BCUT2D eigenvalue weighted by atomic mass is 9.85. The SMILES string of the molecule is CCCCC/C=C/C/C=C/C/C=C/C/C=C/C/C=C/CCC(=O)OC[C@@H](COP(=O)(O)OC1C(O)C(O)C(O)[C@H](O)C1O)OC(=O)CCCCCCCCCCC/C=C/CCCCCC. The average Bonchev–Trinajstić information content (AvgIpc) is 3.29. The van der Waals surface area contributed by atoms with E-state index in [-0.39, 0.29) is 12.8 Å². The molecule has 1 rings (SSSR count). The predicted octanol–water partition coefficient (Wildman–Crippen LogP) is 10.3. The minimum absolute atomic E-state index is 0.0405. The Morgan fingerprint density at radius 1 is 0.477 bits per heavy atom. The molecular formula is C51H87O13P. The van der Waals surface area contributed by atoms with E-state index < -0.39 is 75.7 Å². The number of aliphatic hydroxyl groups is 5. The first-order valence-corrected chi connectivity index (χ1v) is 26.2. The molecule has 0 heterocycles. The zero-order chi connectivity index (χ0) is 47.8. The van der Waals surface area contributed by atoms with Gasteiger partial charge in [0.15, 0.2) is 6.10 Å². The molecule has 6 unspecified atom stereocenters. The number of rotatable bonds is 40. The van der Waals surface area contributed by atoms with Crippen LogP contribution < -0.4 is 0 Å². The number of phosphoric ester groups is 1. The van der Waals surface area contributed by atoms with E-state index >= 15 is 0 Å². The summed E-state index contributed by atoms with van der Waals surface area (Å²) < 4.78 is 33.5. The standard InChI is InChI=1S/C51H87O13P/c1-3-5-7-9-11-13-15-17-19-21-22-24-25-27-29-31-33-35-37-39-44(52)61-41-43(42-62-65(59,60)64-51-49(57)47(55)46(54)48(56)50(51)58)63-45(53)40-38-36-34-32-30-28-26-23-20-18-16-14-12-10-8-6-4-2/h11,13-14,16-17,19,22,24,27,29,33,35,43,46-51,54-58H,3-10,12,15,18,20-21,23,25-26,28,30-32,34,36-42H2,1-2H3,(H,59,60)/b13-11+,16-14+,19-17+,24-22+,29-27+,35-33+/t43-,46?,47-,48?,49?,50?,51?/m0/s1. The Hall–Kier alpha value is -2.71. The van der Waals surface area contributed by atoms with E-state index in [2.05, 4.69) is 68.5 Å². The van der Waals surface area contributed by atoms with Crippen molar-refractivity contribution in [3.8, 4) is 0 Å². The van der Waals surface area contributed by atoms with Crippen LogP contribution in [0.4, 0.5) is 0 Å². The Labute approximate surface area is 391 Å². The van der Waals surface area contributed by atoms with Crippen molar-refractivity contribution in [2.75, 3.05) is 13.2 Å². The summed E-state index contributed by atoms with van der Waals surface area (Å²) in [6, 6.07) is 0. The van der Waals surface area contributed by atoms with Crippen LogP contribution in [-0.2, 0) is 32.7 Å². The van der Waals surface area contributed by atoms with Gasteiger partial charge in [0.25, 0.3) is 0 Å². The van der Waals surface area contributed by atoms with E-state index in [0.29, 0.717) is 19.3 Å². The number of esters is 2. The summed E-state index contributed by atoms with van der Waals surface area (Å²) >= 11 is 0. The van der Waals surface area contributed by atoms with Crippen LogP contribution in [0.1, 0.15) is 181 Å². The van der Waals surface area contributed by atoms with Gasteiger partial charge in [0.1, 0.15) is 43.2 Å². The van der Waals surface area contributed by atoms with Gasteiger partial charge in [0.05, 0.1) is 6.61 Å². The van der Waals surface area contributed by atoms with Crippen LogP contribution in [0.25, 0.3) is 0 Å². The first-order chi connectivity index (χ1) is 31.4. The number of carbonyl (C=O) groups excluding carboxylic acids is 2. The van der Waals surface area contributed by atoms with E-state index in [4.69, 9.17) is 18.5 Å². The molecular weight excluding hydrogens is 852 g/mol. The molecule has 14 heteroatoms. The number of phosphoric acid groups is 1. The highest BCUT2D eigenvalue weighted by atomic mass is 31.2. The second-order valence-electron chi connectivity index (χ2n) is 17.0. The van der Waals surface area contributed by atoms with Crippen molar-refractivity contribution in [1.29, 1.82) is 0 Å². The lowest BCUT2D eigenvalue weighted by Crippen LogP contribution is -2.64. The summed E-state index contributed by atoms with van der Waals surface area (Å²) in [5, 5.41) is 50.2. The molecule has 13 nitrogen and oxygen atoms in total. The van der Waals surface area contributed by atoms with Gasteiger partial charge in [-0.05, 0) is 77.0 Å². The number of unbranched alkanes of at least 4 members (excludes halogenated alkanes) is 16. The smallest absolute Gasteiger partial charge is 0.462 e. The van der Waals surface area contributed by atoms with E-state index in [1.165, 1.54) is 77.0 Å². The highest BCUT2D eigenvalue weighted by Crippen LogP contribution is 2.47. The van der Waals surface area contributed by atoms with Gasteiger partial charge in [0.2, 0.25) is 0 Å². The maximum Gasteiger partial charge on any atom is 0.472 e. The molecule has 1 aliphatic carbocycles. The molecule has 0 aromatic heterocycles. The largest absolute Gasteiger partial charge is 0.472 e. The number of allylic oxidation sites excluding steroid dienone is 12. The third kappa shape index (κ3) is 32.6. The average molecular weight is 939 g/mol. The number of aliphatic hydroxyl groups excluding tert-OH is 5. The van der Waals surface area contributed by atoms with Crippen molar-refractivity contribution in [3.63, 3.8) is 0 Å². The predicted molar refractivity (Wildman–Crippen MR) is 258 cm³/mol. The lowest BCUT2D eigenvalue weighted by molar-refractivity contribution is -0.220. The minimum Gasteiger partial charge on any atom is -0.462 e. The molecule has 65 heavy (non-hydrogen) atoms. The van der Waals surface area contributed by atoms with Gasteiger partial charge in [-0.2, -0.15) is 0 Å². The maximum absolute atomic E-state index is 12.8. The monoisotopic (exact) mass is 939 g/mol. The van der Waals surface area contributed by atoms with Crippen LogP contribution in [-0.4, -0.2) is 98.3 Å². The highest BCUT2D eigenvalue weighted by molar-refractivity contribution is 7.47. The van der Waals surface area contributed by atoms with E-state index in [0.717, 1.165) is 57.8 Å². The summed E-state index contributed by atoms with van der Waals surface area (Å²) in [5.41, 5.74) is 0. The molecule has 0 aliphatic heterocycles. The number of hydrogen-bond acceptors (Lipinski definition) is 12. The van der Waals surface area contributed by atoms with Crippen molar-refractivity contribution in [1.82, 2.24) is 0 Å². The van der Waals surface area contributed by atoms with Crippen molar-refractivity contribution >= 4 is 19.8 Å². The van der Waals surface area contributed by atoms with Gasteiger partial charge in [-0.15, -0.1) is 0 Å². The second-order valence-corrected chi connectivity index (χ2v) is 18.4. The van der Waals surface area contributed by atoms with Crippen LogP contribution in [0, 0.1) is 0 Å². The number of carbonyl (C=O) groups is 2. The zero-order valence-electron chi connectivity index (χ0n) is 39.8. The Morgan fingerprint density at radius 3 is 1.37 bits per heavy atom. The minimum atomic E-state index is -5.14. The second kappa shape index (κ2) is 40.4. The molecule has 374 valence electrons. The third-order valence-electron chi connectivity index (χ3n) is 11.0. The summed E-state index contributed by atoms with van der Waals surface area (Å²) in [5.74, 6) is -1.20. The number of ether oxygens (including phenoxy) is 2. The molecule has 0 amide bonds. The third-order valence-corrected chi connectivity index (χ3v) is 12.0. The quantitative estimate of drug-likeness (QED) is 0.0146. The van der Waals surface area contributed by atoms with Gasteiger partial charge in [-0.3, -0.25) is 18.6 Å². The molecule has 1 saturated carbocycles. The Kier molecular flexibility index (Phi) is 37.5. The summed E-state index contributed by atoms with van der Waals surface area (Å²) in [7, 11) is -5.14. The molecule has 8 atom stereocenters. The van der Waals surface area contributed by atoms with Gasteiger partial charge < -0.3 is 39.9 Å². The lowest BCUT2D eigenvalue weighted by Gasteiger charge is -2.41. The van der Waals surface area contributed by atoms with Crippen LogP contribution in [0.2, 0.25) is 0 Å². The van der Waals surface area contributed by atoms with E-state index in [1.54, 1.807) is 0 Å². The van der Waals surface area contributed by atoms with Crippen molar-refractivity contribution < 1.29 is 63.1 Å². The van der Waals surface area contributed by atoms with Crippen LogP contribution in [0.5, 0.6) is 0 Å². The van der Waals surface area contributed by atoms with Crippen LogP contribution in [0.3, 0.4) is 0 Å². The maximum atomic E-state index is 12.8. The fourth-order valence-corrected chi connectivity index (χ4v) is 8.00. The van der Waals surface area contributed by atoms with Crippen molar-refractivity contribution in [3.05, 3.63) is 72.9 Å². The Morgan fingerprint density at radius 2 is 0.862 bits per heavy atom. The van der Waals surface area contributed by atoms with Crippen molar-refractivity contribution in [2.45, 2.75) is 224 Å². The molecule has 6 N–H and O–H groups in total. The zero-order valence-corrected chi connectivity index (χ0v) is 40.7. The Balaban J connectivity index is 2.48. The first kappa shape index (κ1) is 60.3. The summed E-state index contributed by atoms with van der Waals surface area (Å²) in [6.45, 7) is 3.20. The molecule has 0 aromatic rings. The topological polar surface area (TPSA) is 210 Å². The molecule has 0 aromatic carbocycles. The van der Waals surface area contributed by atoms with Gasteiger partial charge in [-0.25, -0.2) is 4.57 Å². The highest BCUT2D eigenvalue weighted by Gasteiger charge is 2.51. The van der Waals surface area contributed by atoms with E-state index in [1.807, 2.05) is 18.2 Å². The molecule has 0 radical (unpaired) electrons. The first-order valence-electron chi connectivity index (χ1n) is 24.7. The van der Waals surface area contributed by atoms with Gasteiger partial charge >= 0.3 is 19.8 Å². The molecule has 0 bridgehead atoms. The fraction of sp³-hybridized carbons (Fsp3) is 0.725. The normalized spacial score (nSPS) is 22.0. The summed E-state index contributed by atoms with van der Waals surface area (Å²) in [6.07, 6.45) is 38.2. The van der Waals surface area contributed by atoms with Gasteiger partial charge in [0, 0.05) is 12.8 Å². The Bertz CT molecular complexity index is 1410. The van der Waals surface area contributed by atoms with Gasteiger partial charge in [-0.1, -0.05) is 164 Å². The van der Waals surface area contributed by atoms with Crippen LogP contribution >= 0.6 is 7.82 Å². The molecule has 1 fully saturated rings. The van der Waals surface area contributed by atoms with E-state index in [9.17, 15) is 44.6 Å².